The lowest BCUT2D eigenvalue weighted by Gasteiger charge is -2.02. The quantitative estimate of drug-likeness (QED) is 0.388. The summed E-state index contributed by atoms with van der Waals surface area (Å²) in [6.45, 7) is 1.99. The number of nitrogens with zero attached hydrogens (tertiary/aromatic N) is 2. The molecule has 1 aromatic heterocycles. The van der Waals surface area contributed by atoms with Crippen molar-refractivity contribution in [1.29, 1.82) is 0 Å². The average Bonchev–Trinajstić information content (AvgIpc) is 2.37. The minimum absolute atomic E-state index is 0.835. The molecule has 1 heterocycles. The fraction of sp³-hybridized carbons (Fsp3) is 0.286. The molecule has 0 aliphatic rings. The summed E-state index contributed by atoms with van der Waals surface area (Å²) in [5.74, 6) is 1.03. The Hall–Kier alpha value is -1.55. The van der Waals surface area contributed by atoms with Gasteiger partial charge in [-0.15, -0.1) is 0 Å². The minimum Gasteiger partial charge on any atom is -0.399 e. The Morgan fingerprint density at radius 3 is 2.72 bits per heavy atom. The van der Waals surface area contributed by atoms with Gasteiger partial charge < -0.3 is 5.73 Å². The lowest BCUT2D eigenvalue weighted by Crippen LogP contribution is -1.92. The third-order valence-corrected chi connectivity index (χ3v) is 3.51. The Morgan fingerprint density at radius 2 is 2.00 bits per heavy atom. The number of rotatable bonds is 5. The summed E-state index contributed by atoms with van der Waals surface area (Å²) in [4.78, 5) is 8.54. The van der Waals surface area contributed by atoms with Crippen molar-refractivity contribution < 1.29 is 0 Å². The number of hydrogen-bond acceptors (Lipinski definition) is 4. The molecule has 0 saturated heterocycles. The highest BCUT2D eigenvalue weighted by Crippen LogP contribution is 2.15. The number of anilines is 1. The number of nitrogen functional groups attached to an aromatic ring is 1. The molecular formula is C14H17N3S. The third-order valence-electron chi connectivity index (χ3n) is 2.55. The first-order valence-corrected chi connectivity index (χ1v) is 6.98. The van der Waals surface area contributed by atoms with Gasteiger partial charge in [0.25, 0.3) is 0 Å². The third kappa shape index (κ3) is 4.04. The van der Waals surface area contributed by atoms with Gasteiger partial charge in [-0.1, -0.05) is 23.9 Å². The topological polar surface area (TPSA) is 51.8 Å². The summed E-state index contributed by atoms with van der Waals surface area (Å²) < 4.78 is 0. The summed E-state index contributed by atoms with van der Waals surface area (Å²) >= 11 is 1.70. The molecule has 94 valence electrons. The standard InChI is InChI=1S/C14H17N3S/c1-11-9-16-14(17-10-11)18-7-3-5-12-4-2-6-13(15)8-12/h2,4,6,8-10H,3,5,7,15H2,1H3. The van der Waals surface area contributed by atoms with Crippen LogP contribution in [0.2, 0.25) is 0 Å². The van der Waals surface area contributed by atoms with Crippen molar-refractivity contribution in [3.8, 4) is 0 Å². The van der Waals surface area contributed by atoms with E-state index in [9.17, 15) is 0 Å². The van der Waals surface area contributed by atoms with Crippen LogP contribution in [-0.2, 0) is 6.42 Å². The molecule has 2 aromatic rings. The first kappa shape index (κ1) is 12.9. The summed E-state index contributed by atoms with van der Waals surface area (Å²) in [7, 11) is 0. The SMILES string of the molecule is Cc1cnc(SCCCc2cccc(N)c2)nc1. The zero-order valence-electron chi connectivity index (χ0n) is 10.5. The first-order chi connectivity index (χ1) is 8.74. The molecule has 0 bridgehead atoms. The van der Waals surface area contributed by atoms with Gasteiger partial charge in [-0.2, -0.15) is 0 Å². The molecule has 0 amide bonds. The first-order valence-electron chi connectivity index (χ1n) is 6.00. The van der Waals surface area contributed by atoms with E-state index < -0.39 is 0 Å². The van der Waals surface area contributed by atoms with Crippen molar-refractivity contribution in [3.05, 3.63) is 47.8 Å². The second-order valence-corrected chi connectivity index (χ2v) is 5.30. The number of aromatic nitrogens is 2. The zero-order chi connectivity index (χ0) is 12.8. The van der Waals surface area contributed by atoms with E-state index in [0.29, 0.717) is 0 Å². The van der Waals surface area contributed by atoms with Gasteiger partial charge in [0.05, 0.1) is 0 Å². The monoisotopic (exact) mass is 259 g/mol. The van der Waals surface area contributed by atoms with Crippen molar-refractivity contribution in [3.63, 3.8) is 0 Å². The largest absolute Gasteiger partial charge is 0.399 e. The Kier molecular flexibility index (Phi) is 4.59. The van der Waals surface area contributed by atoms with E-state index in [0.717, 1.165) is 35.0 Å². The van der Waals surface area contributed by atoms with Crippen LogP contribution < -0.4 is 5.73 Å². The number of hydrogen-bond donors (Lipinski definition) is 1. The summed E-state index contributed by atoms with van der Waals surface area (Å²) in [6.07, 6.45) is 5.86. The van der Waals surface area contributed by atoms with Crippen LogP contribution >= 0.6 is 11.8 Å². The van der Waals surface area contributed by atoms with E-state index in [1.54, 1.807) is 11.8 Å². The Balaban J connectivity index is 1.74. The lowest BCUT2D eigenvalue weighted by molar-refractivity contribution is 0.914. The molecule has 0 atom stereocenters. The molecule has 18 heavy (non-hydrogen) atoms. The van der Waals surface area contributed by atoms with Crippen molar-refractivity contribution in [2.24, 2.45) is 0 Å². The second-order valence-electron chi connectivity index (χ2n) is 4.24. The number of aryl methyl sites for hydroxylation is 2. The maximum Gasteiger partial charge on any atom is 0.187 e. The van der Waals surface area contributed by atoms with Gasteiger partial charge in [-0.3, -0.25) is 0 Å². The van der Waals surface area contributed by atoms with Gasteiger partial charge in [-0.25, -0.2) is 9.97 Å². The maximum atomic E-state index is 5.74. The normalized spacial score (nSPS) is 10.5. The van der Waals surface area contributed by atoms with Gasteiger partial charge >= 0.3 is 0 Å². The fourth-order valence-electron chi connectivity index (χ4n) is 1.64. The van der Waals surface area contributed by atoms with Crippen molar-refractivity contribution in [2.75, 3.05) is 11.5 Å². The Bertz CT molecular complexity index is 497. The van der Waals surface area contributed by atoms with Crippen LogP contribution in [0.15, 0.2) is 41.8 Å². The van der Waals surface area contributed by atoms with Crippen LogP contribution in [-0.4, -0.2) is 15.7 Å². The summed E-state index contributed by atoms with van der Waals surface area (Å²) in [6, 6.07) is 8.07. The van der Waals surface area contributed by atoms with Crippen molar-refractivity contribution in [1.82, 2.24) is 9.97 Å². The molecule has 0 aliphatic carbocycles. The molecule has 0 radical (unpaired) electrons. The van der Waals surface area contributed by atoms with Gasteiger partial charge in [0.2, 0.25) is 0 Å². The van der Waals surface area contributed by atoms with Gasteiger partial charge in [0, 0.05) is 23.8 Å². The van der Waals surface area contributed by atoms with Crippen LogP contribution in [0.4, 0.5) is 5.69 Å². The highest BCUT2D eigenvalue weighted by atomic mass is 32.2. The predicted molar refractivity (Wildman–Crippen MR) is 76.7 cm³/mol. The molecule has 0 fully saturated rings. The van der Waals surface area contributed by atoms with Crippen LogP contribution in [0.3, 0.4) is 0 Å². The molecule has 3 nitrogen and oxygen atoms in total. The van der Waals surface area contributed by atoms with Crippen LogP contribution in [0, 0.1) is 6.92 Å². The number of thioether (sulfide) groups is 1. The van der Waals surface area contributed by atoms with E-state index in [4.69, 9.17) is 5.73 Å². The summed E-state index contributed by atoms with van der Waals surface area (Å²) in [5.41, 5.74) is 8.97. The number of nitrogens with two attached hydrogens (primary N) is 1. The van der Waals surface area contributed by atoms with Crippen molar-refractivity contribution in [2.45, 2.75) is 24.9 Å². The van der Waals surface area contributed by atoms with Crippen LogP contribution in [0.5, 0.6) is 0 Å². The van der Waals surface area contributed by atoms with Crippen molar-refractivity contribution >= 4 is 17.4 Å². The molecule has 2 rings (SSSR count). The van der Waals surface area contributed by atoms with Gasteiger partial charge in [-0.05, 0) is 43.0 Å². The Labute approximate surface area is 112 Å². The molecule has 0 spiro atoms. The van der Waals surface area contributed by atoms with Gasteiger partial charge in [0.15, 0.2) is 5.16 Å². The molecule has 0 unspecified atom stereocenters. The highest BCUT2D eigenvalue weighted by molar-refractivity contribution is 7.99. The lowest BCUT2D eigenvalue weighted by atomic mass is 10.1. The van der Waals surface area contributed by atoms with E-state index in [1.807, 2.05) is 37.5 Å². The Morgan fingerprint density at radius 1 is 1.22 bits per heavy atom. The number of benzene rings is 1. The molecule has 4 heteroatoms. The predicted octanol–water partition coefficient (Wildman–Crippen LogP) is 3.09. The fourth-order valence-corrected chi connectivity index (χ4v) is 2.37. The highest BCUT2D eigenvalue weighted by Gasteiger charge is 1.98. The molecule has 2 N–H and O–H groups in total. The molecule has 0 saturated carbocycles. The maximum absolute atomic E-state index is 5.74. The van der Waals surface area contributed by atoms with Gasteiger partial charge in [0.1, 0.15) is 0 Å². The molecular weight excluding hydrogens is 242 g/mol. The van der Waals surface area contributed by atoms with E-state index >= 15 is 0 Å². The molecule has 0 aliphatic heterocycles. The van der Waals surface area contributed by atoms with E-state index in [-0.39, 0.29) is 0 Å². The minimum atomic E-state index is 0.835. The van der Waals surface area contributed by atoms with Crippen LogP contribution in [0.25, 0.3) is 0 Å². The summed E-state index contributed by atoms with van der Waals surface area (Å²) in [5, 5.41) is 0.855. The zero-order valence-corrected chi connectivity index (χ0v) is 11.3. The van der Waals surface area contributed by atoms with Crippen LogP contribution in [0.1, 0.15) is 17.5 Å². The second kappa shape index (κ2) is 6.40. The van der Waals surface area contributed by atoms with E-state index in [2.05, 4.69) is 16.0 Å². The smallest absolute Gasteiger partial charge is 0.187 e. The van der Waals surface area contributed by atoms with E-state index in [1.165, 1.54) is 5.56 Å². The average molecular weight is 259 g/mol. The molecule has 1 aromatic carbocycles.